The van der Waals surface area contributed by atoms with Gasteiger partial charge in [0, 0.05) is 6.54 Å². The molecule has 3 rings (SSSR count). The van der Waals surface area contributed by atoms with Crippen molar-refractivity contribution in [3.8, 4) is 0 Å². The summed E-state index contributed by atoms with van der Waals surface area (Å²) >= 11 is 0. The van der Waals surface area contributed by atoms with Crippen molar-refractivity contribution in [2.75, 3.05) is 26.2 Å². The van der Waals surface area contributed by atoms with E-state index in [9.17, 15) is 4.79 Å². The fourth-order valence-electron chi connectivity index (χ4n) is 3.66. The summed E-state index contributed by atoms with van der Waals surface area (Å²) in [6.07, 6.45) is 1.85. The number of carbonyl (C=O) groups is 1. The molecule has 1 fully saturated rings. The Morgan fingerprint density at radius 3 is 2.42 bits per heavy atom. The smallest absolute Gasteiger partial charge is 0.234 e. The third-order valence-electron chi connectivity index (χ3n) is 5.32. The fourth-order valence-corrected chi connectivity index (χ4v) is 3.66. The zero-order chi connectivity index (χ0) is 18.4. The van der Waals surface area contributed by atoms with Gasteiger partial charge in [-0.25, -0.2) is 0 Å². The van der Waals surface area contributed by atoms with E-state index >= 15 is 0 Å². The van der Waals surface area contributed by atoms with Gasteiger partial charge in [0.2, 0.25) is 5.91 Å². The molecule has 0 aliphatic carbocycles. The molecule has 26 heavy (non-hydrogen) atoms. The molecule has 2 aromatic carbocycles. The second kappa shape index (κ2) is 8.47. The van der Waals surface area contributed by atoms with Gasteiger partial charge in [0.15, 0.2) is 0 Å². The van der Waals surface area contributed by atoms with Gasteiger partial charge in [0.05, 0.1) is 12.6 Å². The van der Waals surface area contributed by atoms with E-state index in [1.54, 1.807) is 0 Å². The van der Waals surface area contributed by atoms with Crippen molar-refractivity contribution in [1.29, 1.82) is 0 Å². The van der Waals surface area contributed by atoms with Gasteiger partial charge < -0.3 is 11.1 Å². The average Bonchev–Trinajstić information content (AvgIpc) is 3.04. The molecule has 0 aromatic heterocycles. The van der Waals surface area contributed by atoms with Gasteiger partial charge in [0.25, 0.3) is 0 Å². The van der Waals surface area contributed by atoms with E-state index in [2.05, 4.69) is 41.4 Å². The number of benzene rings is 2. The first kappa shape index (κ1) is 18.6. The van der Waals surface area contributed by atoms with Crippen LogP contribution in [0.4, 0.5) is 0 Å². The average molecular weight is 351 g/mol. The van der Waals surface area contributed by atoms with E-state index in [0.717, 1.165) is 31.5 Å². The van der Waals surface area contributed by atoms with E-state index in [1.165, 1.54) is 5.56 Å². The van der Waals surface area contributed by atoms with Crippen LogP contribution in [-0.2, 0) is 11.2 Å². The van der Waals surface area contributed by atoms with E-state index in [1.807, 2.05) is 36.4 Å². The maximum atomic E-state index is 12.7. The Bertz CT molecular complexity index is 704. The lowest BCUT2D eigenvalue weighted by atomic mass is 9.90. The number of nitrogens with zero attached hydrogens (tertiary/aromatic N) is 1. The maximum Gasteiger partial charge on any atom is 0.234 e. The zero-order valence-corrected chi connectivity index (χ0v) is 15.5. The van der Waals surface area contributed by atoms with Crippen LogP contribution in [0.25, 0.3) is 0 Å². The number of rotatable bonds is 7. The molecule has 3 N–H and O–H groups in total. The van der Waals surface area contributed by atoms with Gasteiger partial charge in [-0.05, 0) is 42.5 Å². The summed E-state index contributed by atoms with van der Waals surface area (Å²) in [4.78, 5) is 14.9. The van der Waals surface area contributed by atoms with Crippen molar-refractivity contribution in [2.45, 2.75) is 25.8 Å². The van der Waals surface area contributed by atoms with Gasteiger partial charge in [-0.3, -0.25) is 9.69 Å². The molecular weight excluding hydrogens is 322 g/mol. The number of amides is 1. The Kier molecular flexibility index (Phi) is 6.07. The van der Waals surface area contributed by atoms with Gasteiger partial charge in [0.1, 0.15) is 0 Å². The van der Waals surface area contributed by atoms with Crippen molar-refractivity contribution in [1.82, 2.24) is 10.2 Å². The molecular formula is C22H29N3O. The highest BCUT2D eigenvalue weighted by molar-refractivity contribution is 5.78. The Morgan fingerprint density at radius 2 is 1.81 bits per heavy atom. The predicted molar refractivity (Wildman–Crippen MR) is 106 cm³/mol. The molecule has 1 amide bonds. The highest BCUT2D eigenvalue weighted by Gasteiger charge is 2.33. The van der Waals surface area contributed by atoms with E-state index in [4.69, 9.17) is 5.73 Å². The number of nitrogens with one attached hydrogen (secondary N) is 1. The SMILES string of the molecule is CC1(CN)CCN(CC(=O)NC(Cc2ccccc2)c2ccccc2)C1. The van der Waals surface area contributed by atoms with Crippen LogP contribution in [0.2, 0.25) is 0 Å². The third-order valence-corrected chi connectivity index (χ3v) is 5.32. The topological polar surface area (TPSA) is 58.4 Å². The molecule has 0 saturated carbocycles. The van der Waals surface area contributed by atoms with Crippen LogP contribution in [0.3, 0.4) is 0 Å². The first-order valence-electron chi connectivity index (χ1n) is 9.39. The Labute approximate surface area is 156 Å². The van der Waals surface area contributed by atoms with Gasteiger partial charge in [-0.15, -0.1) is 0 Å². The van der Waals surface area contributed by atoms with Crippen molar-refractivity contribution in [3.05, 3.63) is 71.8 Å². The second-order valence-electron chi connectivity index (χ2n) is 7.70. The first-order chi connectivity index (χ1) is 12.6. The van der Waals surface area contributed by atoms with Crippen molar-refractivity contribution >= 4 is 5.91 Å². The molecule has 0 bridgehead atoms. The van der Waals surface area contributed by atoms with Crippen LogP contribution in [0.1, 0.15) is 30.5 Å². The summed E-state index contributed by atoms with van der Waals surface area (Å²) in [6.45, 7) is 5.15. The highest BCUT2D eigenvalue weighted by atomic mass is 16.2. The van der Waals surface area contributed by atoms with Gasteiger partial charge >= 0.3 is 0 Å². The summed E-state index contributed by atoms with van der Waals surface area (Å²) in [5, 5.41) is 3.24. The van der Waals surface area contributed by atoms with Crippen molar-refractivity contribution in [3.63, 3.8) is 0 Å². The molecule has 2 atom stereocenters. The summed E-state index contributed by atoms with van der Waals surface area (Å²) in [5.41, 5.74) is 8.38. The predicted octanol–water partition coefficient (Wildman–Crippen LogP) is 2.76. The number of nitrogens with two attached hydrogens (primary N) is 1. The normalized spacial score (nSPS) is 21.5. The van der Waals surface area contributed by atoms with Crippen LogP contribution in [0.15, 0.2) is 60.7 Å². The minimum atomic E-state index is -0.0189. The lowest BCUT2D eigenvalue weighted by Gasteiger charge is -2.24. The van der Waals surface area contributed by atoms with E-state index in [-0.39, 0.29) is 17.4 Å². The molecule has 138 valence electrons. The number of carbonyl (C=O) groups excluding carboxylic acids is 1. The largest absolute Gasteiger partial charge is 0.348 e. The molecule has 1 aliphatic heterocycles. The molecule has 0 radical (unpaired) electrons. The van der Waals surface area contributed by atoms with Crippen LogP contribution < -0.4 is 11.1 Å². The summed E-state index contributed by atoms with van der Waals surface area (Å²) in [5.74, 6) is 0.0797. The van der Waals surface area contributed by atoms with E-state index in [0.29, 0.717) is 13.1 Å². The third kappa shape index (κ3) is 4.93. The van der Waals surface area contributed by atoms with Crippen molar-refractivity contribution < 1.29 is 4.79 Å². The lowest BCUT2D eigenvalue weighted by molar-refractivity contribution is -0.122. The Balaban J connectivity index is 1.65. The van der Waals surface area contributed by atoms with Crippen LogP contribution in [0.5, 0.6) is 0 Å². The molecule has 1 heterocycles. The number of hydrogen-bond donors (Lipinski definition) is 2. The highest BCUT2D eigenvalue weighted by Crippen LogP contribution is 2.28. The molecule has 1 aliphatic rings. The minimum Gasteiger partial charge on any atom is -0.348 e. The fraction of sp³-hybridized carbons (Fsp3) is 0.409. The van der Waals surface area contributed by atoms with Gasteiger partial charge in [-0.2, -0.15) is 0 Å². The summed E-state index contributed by atoms with van der Waals surface area (Å²) in [6, 6.07) is 20.5. The maximum absolute atomic E-state index is 12.7. The van der Waals surface area contributed by atoms with E-state index < -0.39 is 0 Å². The zero-order valence-electron chi connectivity index (χ0n) is 15.5. The van der Waals surface area contributed by atoms with Crippen molar-refractivity contribution in [2.24, 2.45) is 11.1 Å². The van der Waals surface area contributed by atoms with Crippen LogP contribution >= 0.6 is 0 Å². The van der Waals surface area contributed by atoms with Crippen LogP contribution in [-0.4, -0.2) is 37.0 Å². The molecule has 4 heteroatoms. The second-order valence-corrected chi connectivity index (χ2v) is 7.70. The summed E-state index contributed by atoms with van der Waals surface area (Å²) in [7, 11) is 0. The molecule has 0 spiro atoms. The molecule has 1 saturated heterocycles. The van der Waals surface area contributed by atoms with Gasteiger partial charge in [-0.1, -0.05) is 67.6 Å². The van der Waals surface area contributed by atoms with Crippen LogP contribution in [0, 0.1) is 5.41 Å². The molecule has 2 aromatic rings. The first-order valence-corrected chi connectivity index (χ1v) is 9.39. The Hall–Kier alpha value is -2.17. The lowest BCUT2D eigenvalue weighted by Crippen LogP contribution is -2.40. The molecule has 4 nitrogen and oxygen atoms in total. The standard InChI is InChI=1S/C22H29N3O/c1-22(16-23)12-13-25(17-22)15-21(26)24-20(19-10-6-3-7-11-19)14-18-8-4-2-5-9-18/h2-11,20H,12-17,23H2,1H3,(H,24,26). The molecule has 2 unspecified atom stereocenters. The number of hydrogen-bond acceptors (Lipinski definition) is 3. The quantitative estimate of drug-likeness (QED) is 0.806. The monoisotopic (exact) mass is 351 g/mol. The minimum absolute atomic E-state index is 0.0189. The Morgan fingerprint density at radius 1 is 1.15 bits per heavy atom. The summed E-state index contributed by atoms with van der Waals surface area (Å²) < 4.78 is 0. The number of likely N-dealkylation sites (tertiary alicyclic amines) is 1.